The summed E-state index contributed by atoms with van der Waals surface area (Å²) in [4.78, 5) is 3.98. The first kappa shape index (κ1) is 17.7. The first-order chi connectivity index (χ1) is 10.9. The molecule has 0 spiro atoms. The van der Waals surface area contributed by atoms with Crippen molar-refractivity contribution in [3.8, 4) is 11.5 Å². The molecule has 2 heterocycles. The fraction of sp³-hybridized carbons (Fsp3) is 0.364. The maximum Gasteiger partial charge on any atom is 0.475 e. The second-order valence-electron chi connectivity index (χ2n) is 5.09. The van der Waals surface area contributed by atoms with E-state index in [0.717, 1.165) is 20.4 Å². The summed E-state index contributed by atoms with van der Waals surface area (Å²) in [5, 5.41) is 0. The van der Waals surface area contributed by atoms with Crippen molar-refractivity contribution < 1.29 is 31.1 Å². The van der Waals surface area contributed by atoms with Crippen LogP contribution in [0.3, 0.4) is 0 Å². The summed E-state index contributed by atoms with van der Waals surface area (Å²) in [7, 11) is -0.159. The van der Waals surface area contributed by atoms with Gasteiger partial charge >= 0.3 is 21.9 Å². The zero-order chi connectivity index (χ0) is 18.1. The molecule has 0 saturated heterocycles. The van der Waals surface area contributed by atoms with Gasteiger partial charge < -0.3 is 9.47 Å². The molecule has 0 fully saturated rings. The summed E-state index contributed by atoms with van der Waals surface area (Å²) >= 11 is 3.01. The molecule has 2 unspecified atom stereocenters. The molecule has 7 nitrogen and oxygen atoms in total. The summed E-state index contributed by atoms with van der Waals surface area (Å²) < 4.78 is 76.4. The number of alkyl halides is 3. The Morgan fingerprint density at radius 3 is 2.42 bits per heavy atom. The van der Waals surface area contributed by atoms with Crippen LogP contribution in [0.25, 0.3) is 11.0 Å². The normalized spacial score (nSPS) is 23.0. The number of rotatable bonds is 2. The van der Waals surface area contributed by atoms with Crippen molar-refractivity contribution in [2.24, 2.45) is 0 Å². The lowest BCUT2D eigenvalue weighted by Gasteiger charge is -2.35. The van der Waals surface area contributed by atoms with E-state index in [9.17, 15) is 21.6 Å². The zero-order valence-corrected chi connectivity index (χ0v) is 15.7. The minimum atomic E-state index is -4.28. The predicted molar refractivity (Wildman–Crippen MR) is 85.2 cm³/mol. The van der Waals surface area contributed by atoms with Crippen LogP contribution in [-0.4, -0.2) is 47.5 Å². The van der Waals surface area contributed by atoms with Crippen molar-refractivity contribution in [2.45, 2.75) is 11.7 Å². The topological polar surface area (TPSA) is 73.7 Å². The fourth-order valence-electron chi connectivity index (χ4n) is 2.00. The highest BCUT2D eigenvalue weighted by atomic mass is 79.9. The number of hydrogen-bond acceptors (Lipinski definition) is 5. The van der Waals surface area contributed by atoms with E-state index in [0.29, 0.717) is 0 Å². The molecular weight excluding hydrogens is 438 g/mol. The second kappa shape index (κ2) is 5.20. The lowest BCUT2D eigenvalue weighted by Crippen LogP contribution is -2.50. The Bertz CT molecular complexity index is 948. The number of hydrogen-bond donors (Lipinski definition) is 0. The van der Waals surface area contributed by atoms with Crippen LogP contribution in [0.2, 0.25) is 0 Å². The lowest BCUT2D eigenvalue weighted by atomic mass is 10.2. The summed E-state index contributed by atoms with van der Waals surface area (Å²) in [6.45, 7) is 0. The summed E-state index contributed by atoms with van der Waals surface area (Å²) in [6, 6.07) is 2.11. The third kappa shape index (κ3) is 2.47. The molecule has 1 aromatic heterocycles. The largest absolute Gasteiger partial charge is 0.475 e. The third-order valence-electron chi connectivity index (χ3n) is 3.23. The molecule has 1 aliphatic rings. The molecule has 1 aromatic carbocycles. The van der Waals surface area contributed by atoms with Gasteiger partial charge in [0.1, 0.15) is 0 Å². The highest BCUT2D eigenvalue weighted by Gasteiger charge is 2.60. The van der Waals surface area contributed by atoms with Crippen LogP contribution in [0, 0.1) is 0 Å². The van der Waals surface area contributed by atoms with E-state index in [1.807, 2.05) is 0 Å². The smallest absolute Gasteiger partial charge is 0.443 e. The molecule has 3 rings (SSSR count). The monoisotopic (exact) mass is 447 g/mol. The first-order valence-electron chi connectivity index (χ1n) is 6.25. The molecule has 2 atom stereocenters. The van der Waals surface area contributed by atoms with Crippen molar-refractivity contribution in [3.05, 3.63) is 16.9 Å². The standard InChI is InChI=1S/C11H10BrF3N3O4PS/c1-17(2)24(19,20)18-6-4-8-7(3-5(6)16-9(18)12)22-11(15,23)10(13,14)21-8/h3-4H,23H2,1-2H3. The van der Waals surface area contributed by atoms with Crippen molar-refractivity contribution in [1.29, 1.82) is 0 Å². The zero-order valence-electron chi connectivity index (χ0n) is 12.1. The maximum atomic E-state index is 13.8. The van der Waals surface area contributed by atoms with Gasteiger partial charge in [0, 0.05) is 26.2 Å². The van der Waals surface area contributed by atoms with Gasteiger partial charge in [0.25, 0.3) is 0 Å². The molecule has 0 amide bonds. The number of fused-ring (bicyclic) bond motifs is 2. The number of ether oxygens (including phenoxy) is 2. The first-order valence-corrected chi connectivity index (χ1v) is 9.02. The van der Waals surface area contributed by atoms with Crippen LogP contribution < -0.4 is 9.47 Å². The van der Waals surface area contributed by atoms with Crippen LogP contribution in [-0.2, 0) is 10.2 Å². The number of imidazole rings is 1. The van der Waals surface area contributed by atoms with E-state index in [1.165, 1.54) is 23.3 Å². The number of benzene rings is 1. The molecule has 2 aromatic rings. The molecular formula is C11H10BrF3N3O4PS. The van der Waals surface area contributed by atoms with Crippen LogP contribution in [0.5, 0.6) is 11.5 Å². The van der Waals surface area contributed by atoms with Gasteiger partial charge in [0.2, 0.25) is 0 Å². The van der Waals surface area contributed by atoms with Crippen LogP contribution >= 0.6 is 25.2 Å². The van der Waals surface area contributed by atoms with E-state index in [4.69, 9.17) is 0 Å². The highest BCUT2D eigenvalue weighted by Crippen LogP contribution is 2.50. The van der Waals surface area contributed by atoms with E-state index < -0.39 is 27.7 Å². The van der Waals surface area contributed by atoms with E-state index in [2.05, 4.69) is 30.4 Å². The van der Waals surface area contributed by atoms with Crippen molar-refractivity contribution in [3.63, 3.8) is 0 Å². The summed E-state index contributed by atoms with van der Waals surface area (Å²) in [5.41, 5.74) is -3.41. The van der Waals surface area contributed by atoms with Crippen LogP contribution in [0.15, 0.2) is 16.9 Å². The predicted octanol–water partition coefficient (Wildman–Crippen LogP) is 2.32. The van der Waals surface area contributed by atoms with Crippen molar-refractivity contribution >= 4 is 46.4 Å². The Morgan fingerprint density at radius 1 is 1.25 bits per heavy atom. The van der Waals surface area contributed by atoms with Gasteiger partial charge in [0.15, 0.2) is 16.2 Å². The Balaban J connectivity index is 2.27. The summed E-state index contributed by atoms with van der Waals surface area (Å²) in [5.74, 6) is -0.837. The van der Waals surface area contributed by atoms with E-state index in [-0.39, 0.29) is 21.5 Å². The molecule has 13 heteroatoms. The van der Waals surface area contributed by atoms with E-state index >= 15 is 0 Å². The van der Waals surface area contributed by atoms with Crippen molar-refractivity contribution in [2.75, 3.05) is 14.1 Å². The lowest BCUT2D eigenvalue weighted by molar-refractivity contribution is -0.299. The number of aromatic nitrogens is 2. The highest BCUT2D eigenvalue weighted by molar-refractivity contribution is 9.10. The quantitative estimate of drug-likeness (QED) is 0.660. The minimum absolute atomic E-state index is 0.0381. The molecule has 1 aliphatic heterocycles. The Morgan fingerprint density at radius 2 is 1.83 bits per heavy atom. The Labute approximate surface area is 145 Å². The average Bonchev–Trinajstić information content (AvgIpc) is 2.72. The van der Waals surface area contributed by atoms with Gasteiger partial charge in [-0.1, -0.05) is 0 Å². The molecule has 0 aliphatic carbocycles. The van der Waals surface area contributed by atoms with Crippen LogP contribution in [0.4, 0.5) is 13.2 Å². The average molecular weight is 448 g/mol. The maximum absolute atomic E-state index is 13.8. The Kier molecular flexibility index (Phi) is 3.84. The van der Waals surface area contributed by atoms with Crippen LogP contribution in [0.1, 0.15) is 0 Å². The van der Waals surface area contributed by atoms with Gasteiger partial charge in [-0.15, -0.1) is 0 Å². The van der Waals surface area contributed by atoms with Gasteiger partial charge in [-0.05, 0) is 25.2 Å². The minimum Gasteiger partial charge on any atom is -0.443 e. The van der Waals surface area contributed by atoms with Gasteiger partial charge in [-0.25, -0.2) is 4.98 Å². The summed E-state index contributed by atoms with van der Waals surface area (Å²) in [6.07, 6.45) is -4.28. The molecule has 24 heavy (non-hydrogen) atoms. The SMILES string of the molecule is CN(C)S(=O)(=O)n1c(Br)nc2cc3c(cc21)OC(F)(F)C(F)(P)O3. The number of halogens is 4. The molecule has 0 radical (unpaired) electrons. The van der Waals surface area contributed by atoms with Gasteiger partial charge in [-0.2, -0.15) is 29.9 Å². The third-order valence-corrected chi connectivity index (χ3v) is 6.20. The van der Waals surface area contributed by atoms with Gasteiger partial charge in [0.05, 0.1) is 11.0 Å². The van der Waals surface area contributed by atoms with Crippen molar-refractivity contribution in [1.82, 2.24) is 13.3 Å². The van der Waals surface area contributed by atoms with Gasteiger partial charge in [-0.3, -0.25) is 0 Å². The molecule has 0 saturated carbocycles. The fourth-order valence-corrected chi connectivity index (χ4v) is 4.07. The molecule has 0 bridgehead atoms. The Hall–Kier alpha value is -1.10. The number of nitrogens with zero attached hydrogens (tertiary/aromatic N) is 3. The second-order valence-corrected chi connectivity index (χ2v) is 8.53. The molecule has 132 valence electrons. The van der Waals surface area contributed by atoms with E-state index in [1.54, 1.807) is 0 Å². The molecule has 0 N–H and O–H groups in total.